The third kappa shape index (κ3) is 4.76. The smallest absolute Gasteiger partial charge is 0.262 e. The summed E-state index contributed by atoms with van der Waals surface area (Å²) < 4.78 is 46.8. The summed E-state index contributed by atoms with van der Waals surface area (Å²) in [5.74, 6) is -0.707. The fourth-order valence-electron chi connectivity index (χ4n) is 2.96. The number of nitrogens with zero attached hydrogens (tertiary/aromatic N) is 1. The number of hydrogen-bond donors (Lipinski definition) is 1. The Bertz CT molecular complexity index is 1290. The van der Waals surface area contributed by atoms with E-state index in [1.54, 1.807) is 42.5 Å². The van der Waals surface area contributed by atoms with Crippen molar-refractivity contribution in [2.45, 2.75) is 11.8 Å². The number of benzene rings is 3. The highest BCUT2D eigenvalue weighted by Crippen LogP contribution is 2.30. The van der Waals surface area contributed by atoms with Crippen LogP contribution in [0.3, 0.4) is 0 Å². The molecule has 1 heterocycles. The Morgan fingerprint density at radius 1 is 1.00 bits per heavy atom. The van der Waals surface area contributed by atoms with E-state index < -0.39 is 15.8 Å². The van der Waals surface area contributed by atoms with E-state index in [1.165, 1.54) is 12.1 Å². The lowest BCUT2D eigenvalue weighted by Gasteiger charge is -2.10. The van der Waals surface area contributed by atoms with E-state index in [0.29, 0.717) is 12.3 Å². The zero-order chi connectivity index (χ0) is 21.8. The molecule has 0 radical (unpaired) electrons. The van der Waals surface area contributed by atoms with Crippen LogP contribution >= 0.6 is 11.3 Å². The molecule has 0 unspecified atom stereocenters. The SMILES string of the molecule is CCOc1ccc(S(=O)(=O)Nc2ccc(-c3csc(-c4ccccc4)n3)cc2)cc1F. The van der Waals surface area contributed by atoms with Gasteiger partial charge < -0.3 is 4.74 Å². The Morgan fingerprint density at radius 3 is 2.42 bits per heavy atom. The summed E-state index contributed by atoms with van der Waals surface area (Å²) in [4.78, 5) is 4.49. The average Bonchev–Trinajstić information content (AvgIpc) is 3.26. The van der Waals surface area contributed by atoms with Gasteiger partial charge in [0.05, 0.1) is 17.2 Å². The molecule has 8 heteroatoms. The van der Waals surface area contributed by atoms with Crippen molar-refractivity contribution in [1.29, 1.82) is 0 Å². The molecule has 3 aromatic carbocycles. The number of rotatable bonds is 7. The molecule has 0 bridgehead atoms. The van der Waals surface area contributed by atoms with E-state index in [2.05, 4.69) is 9.71 Å². The highest BCUT2D eigenvalue weighted by Gasteiger charge is 2.17. The molecule has 0 spiro atoms. The van der Waals surface area contributed by atoms with Gasteiger partial charge in [-0.05, 0) is 37.3 Å². The summed E-state index contributed by atoms with van der Waals surface area (Å²) in [5.41, 5.74) is 3.10. The minimum atomic E-state index is -3.94. The maximum atomic E-state index is 14.0. The molecule has 0 amide bonds. The first kappa shape index (κ1) is 21.0. The van der Waals surface area contributed by atoms with Crippen LogP contribution in [0, 0.1) is 5.82 Å². The van der Waals surface area contributed by atoms with E-state index >= 15 is 0 Å². The molecule has 0 saturated carbocycles. The molecule has 1 N–H and O–H groups in total. The van der Waals surface area contributed by atoms with Crippen LogP contribution in [0.4, 0.5) is 10.1 Å². The molecule has 1 aromatic heterocycles. The summed E-state index contributed by atoms with van der Waals surface area (Å²) >= 11 is 1.55. The van der Waals surface area contributed by atoms with Gasteiger partial charge in [-0.2, -0.15) is 0 Å². The topological polar surface area (TPSA) is 68.3 Å². The van der Waals surface area contributed by atoms with Crippen molar-refractivity contribution in [2.75, 3.05) is 11.3 Å². The molecule has 4 rings (SSSR count). The Kier molecular flexibility index (Phi) is 6.01. The standard InChI is InChI=1S/C23H19FN2O3S2/c1-2-29-22-13-12-19(14-20(22)24)31(27,28)26-18-10-8-16(9-11-18)21-15-30-23(25-21)17-6-4-3-5-7-17/h3-15,26H,2H2,1H3. The van der Waals surface area contributed by atoms with Gasteiger partial charge in [0, 0.05) is 22.2 Å². The van der Waals surface area contributed by atoms with Crippen molar-refractivity contribution in [3.8, 4) is 27.6 Å². The van der Waals surface area contributed by atoms with Gasteiger partial charge in [-0.1, -0.05) is 42.5 Å². The van der Waals surface area contributed by atoms with Gasteiger partial charge in [-0.15, -0.1) is 11.3 Å². The van der Waals surface area contributed by atoms with E-state index in [0.717, 1.165) is 27.9 Å². The summed E-state index contributed by atoms with van der Waals surface area (Å²) in [6, 6.07) is 20.4. The number of ether oxygens (including phenoxy) is 1. The number of sulfonamides is 1. The maximum absolute atomic E-state index is 14.0. The van der Waals surface area contributed by atoms with Crippen LogP contribution in [-0.2, 0) is 10.0 Å². The summed E-state index contributed by atoms with van der Waals surface area (Å²) in [7, 11) is -3.94. The lowest BCUT2D eigenvalue weighted by Crippen LogP contribution is -2.13. The number of hydrogen-bond acceptors (Lipinski definition) is 5. The number of halogens is 1. The van der Waals surface area contributed by atoms with E-state index in [9.17, 15) is 12.8 Å². The van der Waals surface area contributed by atoms with Gasteiger partial charge >= 0.3 is 0 Å². The second kappa shape index (κ2) is 8.87. The molecular weight excluding hydrogens is 435 g/mol. The first-order chi connectivity index (χ1) is 15.0. The third-order valence-electron chi connectivity index (χ3n) is 4.47. The molecule has 0 atom stereocenters. The second-order valence-corrected chi connectivity index (χ2v) is 9.15. The molecule has 5 nitrogen and oxygen atoms in total. The van der Waals surface area contributed by atoms with Crippen molar-refractivity contribution in [3.05, 3.63) is 84.0 Å². The Morgan fingerprint density at radius 2 is 1.74 bits per heavy atom. The Labute approximate surface area is 184 Å². The highest BCUT2D eigenvalue weighted by molar-refractivity contribution is 7.92. The van der Waals surface area contributed by atoms with E-state index in [1.807, 2.05) is 35.7 Å². The minimum absolute atomic E-state index is 0.0175. The van der Waals surface area contributed by atoms with Crippen LogP contribution in [-0.4, -0.2) is 20.0 Å². The first-order valence-electron chi connectivity index (χ1n) is 9.53. The van der Waals surface area contributed by atoms with E-state index in [4.69, 9.17) is 4.74 Å². The Hall–Kier alpha value is -3.23. The van der Waals surface area contributed by atoms with Crippen LogP contribution in [0.5, 0.6) is 5.75 Å². The normalized spacial score (nSPS) is 11.3. The molecule has 0 aliphatic rings. The predicted octanol–water partition coefficient (Wildman–Crippen LogP) is 5.82. The molecule has 0 fully saturated rings. The van der Waals surface area contributed by atoms with Crippen LogP contribution in [0.1, 0.15) is 6.92 Å². The molecule has 158 valence electrons. The van der Waals surface area contributed by atoms with Crippen molar-refractivity contribution in [2.24, 2.45) is 0 Å². The van der Waals surface area contributed by atoms with Gasteiger partial charge in [-0.3, -0.25) is 4.72 Å². The number of aromatic nitrogens is 1. The van der Waals surface area contributed by atoms with Gasteiger partial charge in [0.25, 0.3) is 10.0 Å². The Balaban J connectivity index is 1.51. The number of anilines is 1. The summed E-state index contributed by atoms with van der Waals surface area (Å²) in [5, 5.41) is 2.88. The van der Waals surface area contributed by atoms with Gasteiger partial charge in [0.15, 0.2) is 11.6 Å². The van der Waals surface area contributed by atoms with Crippen LogP contribution in [0.2, 0.25) is 0 Å². The number of thiazole rings is 1. The van der Waals surface area contributed by atoms with Crippen molar-refractivity contribution >= 4 is 27.0 Å². The van der Waals surface area contributed by atoms with Crippen LogP contribution in [0.25, 0.3) is 21.8 Å². The molecule has 0 aliphatic carbocycles. The molecular formula is C23H19FN2O3S2. The largest absolute Gasteiger partial charge is 0.491 e. The lowest BCUT2D eigenvalue weighted by molar-refractivity contribution is 0.321. The second-order valence-electron chi connectivity index (χ2n) is 6.61. The molecule has 0 aliphatic heterocycles. The highest BCUT2D eigenvalue weighted by atomic mass is 32.2. The average molecular weight is 455 g/mol. The monoisotopic (exact) mass is 454 g/mol. The molecule has 31 heavy (non-hydrogen) atoms. The predicted molar refractivity (Wildman–Crippen MR) is 121 cm³/mol. The van der Waals surface area contributed by atoms with Crippen molar-refractivity contribution in [3.63, 3.8) is 0 Å². The van der Waals surface area contributed by atoms with Crippen LogP contribution < -0.4 is 9.46 Å². The first-order valence-corrected chi connectivity index (χ1v) is 11.9. The van der Waals surface area contributed by atoms with E-state index in [-0.39, 0.29) is 10.6 Å². The zero-order valence-electron chi connectivity index (χ0n) is 16.6. The minimum Gasteiger partial charge on any atom is -0.491 e. The fraction of sp³-hybridized carbons (Fsp3) is 0.0870. The maximum Gasteiger partial charge on any atom is 0.262 e. The zero-order valence-corrected chi connectivity index (χ0v) is 18.2. The third-order valence-corrected chi connectivity index (χ3v) is 6.74. The van der Waals surface area contributed by atoms with Gasteiger partial charge in [0.2, 0.25) is 0 Å². The van der Waals surface area contributed by atoms with Crippen LogP contribution in [0.15, 0.2) is 83.1 Å². The summed E-state index contributed by atoms with van der Waals surface area (Å²) in [6.45, 7) is 2.02. The summed E-state index contributed by atoms with van der Waals surface area (Å²) in [6.07, 6.45) is 0. The number of nitrogens with one attached hydrogen (secondary N) is 1. The van der Waals surface area contributed by atoms with Crippen molar-refractivity contribution in [1.82, 2.24) is 4.98 Å². The van der Waals surface area contributed by atoms with Crippen molar-refractivity contribution < 1.29 is 17.5 Å². The fourth-order valence-corrected chi connectivity index (χ4v) is 4.87. The molecule has 4 aromatic rings. The van der Waals surface area contributed by atoms with Gasteiger partial charge in [0.1, 0.15) is 5.01 Å². The lowest BCUT2D eigenvalue weighted by atomic mass is 10.1. The molecule has 0 saturated heterocycles. The quantitative estimate of drug-likeness (QED) is 0.382. The van der Waals surface area contributed by atoms with Gasteiger partial charge in [-0.25, -0.2) is 17.8 Å².